The predicted octanol–water partition coefficient (Wildman–Crippen LogP) is 6.65. The lowest BCUT2D eigenvalue weighted by Crippen LogP contribution is -2.04. The molecule has 1 N–H and O–H groups in total. The van der Waals surface area contributed by atoms with Crippen LogP contribution in [0.25, 0.3) is 23.5 Å². The number of hydrogen-bond donors (Lipinski definition) is 1. The Labute approximate surface area is 171 Å². The molecule has 0 saturated heterocycles. The number of rotatable bonds is 6. The largest absolute Gasteiger partial charge is 0.432 e. The molecule has 0 unspecified atom stereocenters. The summed E-state index contributed by atoms with van der Waals surface area (Å²) in [6, 6.07) is 8.45. The zero-order valence-corrected chi connectivity index (χ0v) is 16.7. The number of H-pyrrole nitrogens is 1. The monoisotopic (exact) mass is 415 g/mol. The van der Waals surface area contributed by atoms with E-state index in [2.05, 4.69) is 28.8 Å². The predicted molar refractivity (Wildman–Crippen MR) is 111 cm³/mol. The van der Waals surface area contributed by atoms with E-state index in [1.807, 2.05) is 29.4 Å². The summed E-state index contributed by atoms with van der Waals surface area (Å²) in [4.78, 5) is 6.20. The van der Waals surface area contributed by atoms with Crippen molar-refractivity contribution >= 4 is 23.5 Å². The minimum absolute atomic E-state index is 0.157. The van der Waals surface area contributed by atoms with Crippen LogP contribution >= 0.6 is 11.3 Å². The first-order valence-electron chi connectivity index (χ1n) is 9.31. The van der Waals surface area contributed by atoms with Gasteiger partial charge in [0, 0.05) is 17.5 Å². The normalized spacial score (nSPS) is 11.6. The van der Waals surface area contributed by atoms with Gasteiger partial charge in [0.15, 0.2) is 0 Å². The van der Waals surface area contributed by atoms with Crippen LogP contribution in [0.15, 0.2) is 36.5 Å². The Kier molecular flexibility index (Phi) is 6.89. The smallest absolute Gasteiger partial charge is 0.273 e. The Morgan fingerprint density at radius 1 is 1.10 bits per heavy atom. The first-order valence-corrected chi connectivity index (χ1v) is 10.1. The van der Waals surface area contributed by atoms with Gasteiger partial charge in [-0.15, -0.1) is 11.3 Å². The van der Waals surface area contributed by atoms with Crippen molar-refractivity contribution < 1.29 is 13.2 Å². The molecule has 150 valence electrons. The molecule has 0 atom stereocenters. The quantitative estimate of drug-likeness (QED) is 0.361. The van der Waals surface area contributed by atoms with Gasteiger partial charge in [-0.1, -0.05) is 37.7 Å². The SMILES string of the molecule is CCCCCC#Cc1ccc(/C=C/c2ccnc(-c3cc(C(F)(F)F)[nH]n3)c2)s1. The fourth-order valence-electron chi connectivity index (χ4n) is 2.59. The molecule has 29 heavy (non-hydrogen) atoms. The highest BCUT2D eigenvalue weighted by Gasteiger charge is 2.33. The van der Waals surface area contributed by atoms with E-state index in [1.54, 1.807) is 29.7 Å². The molecule has 0 saturated carbocycles. The van der Waals surface area contributed by atoms with Crippen LogP contribution < -0.4 is 0 Å². The summed E-state index contributed by atoms with van der Waals surface area (Å²) in [6.07, 6.45) is 5.39. The van der Waals surface area contributed by atoms with Crippen molar-refractivity contribution in [1.82, 2.24) is 15.2 Å². The molecule has 0 fully saturated rings. The van der Waals surface area contributed by atoms with Crippen molar-refractivity contribution in [3.8, 4) is 23.2 Å². The van der Waals surface area contributed by atoms with Gasteiger partial charge in [0.1, 0.15) is 11.4 Å². The van der Waals surface area contributed by atoms with Gasteiger partial charge in [0.25, 0.3) is 0 Å². The first kappa shape index (κ1) is 20.9. The van der Waals surface area contributed by atoms with Crippen LogP contribution in [0.2, 0.25) is 0 Å². The Bertz CT molecular complexity index is 1040. The van der Waals surface area contributed by atoms with Gasteiger partial charge in [0.05, 0.1) is 10.6 Å². The lowest BCUT2D eigenvalue weighted by Gasteiger charge is -2.00. The van der Waals surface area contributed by atoms with Crippen molar-refractivity contribution in [2.24, 2.45) is 0 Å². The number of aromatic amines is 1. The Hall–Kier alpha value is -2.85. The fourth-order valence-corrected chi connectivity index (χ4v) is 3.38. The Morgan fingerprint density at radius 2 is 1.97 bits per heavy atom. The molecule has 7 heteroatoms. The van der Waals surface area contributed by atoms with E-state index >= 15 is 0 Å². The van der Waals surface area contributed by atoms with Gasteiger partial charge in [-0.2, -0.15) is 18.3 Å². The highest BCUT2D eigenvalue weighted by atomic mass is 32.1. The molecule has 3 nitrogen and oxygen atoms in total. The number of thiophene rings is 1. The van der Waals surface area contributed by atoms with Gasteiger partial charge in [-0.05, 0) is 48.4 Å². The summed E-state index contributed by atoms with van der Waals surface area (Å²) in [5, 5.41) is 5.73. The number of aromatic nitrogens is 3. The van der Waals surface area contributed by atoms with Crippen LogP contribution in [0.1, 0.15) is 53.6 Å². The van der Waals surface area contributed by atoms with Crippen molar-refractivity contribution in [1.29, 1.82) is 0 Å². The molecular formula is C22H20F3N3S. The van der Waals surface area contributed by atoms with E-state index in [1.165, 1.54) is 12.8 Å². The van der Waals surface area contributed by atoms with E-state index in [4.69, 9.17) is 0 Å². The first-order chi connectivity index (χ1) is 14.0. The molecule has 0 aliphatic rings. The van der Waals surface area contributed by atoms with Crippen molar-refractivity contribution in [3.05, 3.63) is 57.5 Å². The lowest BCUT2D eigenvalue weighted by atomic mass is 10.1. The van der Waals surface area contributed by atoms with Crippen LogP contribution in [-0.4, -0.2) is 15.2 Å². The molecule has 0 amide bonds. The second kappa shape index (κ2) is 9.57. The highest BCUT2D eigenvalue weighted by Crippen LogP contribution is 2.30. The van der Waals surface area contributed by atoms with Gasteiger partial charge in [0.2, 0.25) is 0 Å². The zero-order valence-electron chi connectivity index (χ0n) is 15.9. The molecule has 0 spiro atoms. The van der Waals surface area contributed by atoms with E-state index < -0.39 is 11.9 Å². The van der Waals surface area contributed by atoms with Crippen molar-refractivity contribution in [3.63, 3.8) is 0 Å². The third-order valence-corrected chi connectivity index (χ3v) is 5.08. The van der Waals surface area contributed by atoms with E-state index in [9.17, 15) is 13.2 Å². The standard InChI is InChI=1S/C22H20F3N3S/c1-2-3-4-5-6-7-17-10-11-18(29-17)9-8-16-12-13-26-19(14-16)20-15-21(28-27-20)22(23,24)25/h8-15H,2-5H2,1H3,(H,27,28)/b9-8+. The van der Waals surface area contributed by atoms with Gasteiger partial charge in [-0.25, -0.2) is 0 Å². The summed E-state index contributed by atoms with van der Waals surface area (Å²) in [6.45, 7) is 2.17. The lowest BCUT2D eigenvalue weighted by molar-refractivity contribution is -0.141. The molecule has 0 aliphatic heterocycles. The summed E-state index contributed by atoms with van der Waals surface area (Å²) in [7, 11) is 0. The summed E-state index contributed by atoms with van der Waals surface area (Å²) >= 11 is 1.60. The fraction of sp³-hybridized carbons (Fsp3) is 0.273. The minimum Gasteiger partial charge on any atom is -0.273 e. The third kappa shape index (κ3) is 6.06. The van der Waals surface area contributed by atoms with Gasteiger partial charge < -0.3 is 0 Å². The summed E-state index contributed by atoms with van der Waals surface area (Å²) < 4.78 is 38.2. The number of nitrogens with zero attached hydrogens (tertiary/aromatic N) is 2. The molecule has 0 radical (unpaired) electrons. The molecule has 3 rings (SSSR count). The molecule has 0 aliphatic carbocycles. The average Bonchev–Trinajstić information content (AvgIpc) is 3.36. The highest BCUT2D eigenvalue weighted by molar-refractivity contribution is 7.13. The molecule has 3 aromatic heterocycles. The van der Waals surface area contributed by atoms with Crippen molar-refractivity contribution in [2.75, 3.05) is 0 Å². The van der Waals surface area contributed by atoms with Crippen LogP contribution in [0.5, 0.6) is 0 Å². The second-order valence-corrected chi connectivity index (χ2v) is 7.55. The van der Waals surface area contributed by atoms with Gasteiger partial charge >= 0.3 is 6.18 Å². The summed E-state index contributed by atoms with van der Waals surface area (Å²) in [5.74, 6) is 6.39. The van der Waals surface area contributed by atoms with E-state index in [0.717, 1.165) is 34.2 Å². The topological polar surface area (TPSA) is 41.6 Å². The molecular weight excluding hydrogens is 395 g/mol. The van der Waals surface area contributed by atoms with E-state index in [-0.39, 0.29) is 5.69 Å². The number of pyridine rings is 1. The molecule has 3 aromatic rings. The van der Waals surface area contributed by atoms with E-state index in [0.29, 0.717) is 5.69 Å². The average molecular weight is 415 g/mol. The Morgan fingerprint density at radius 3 is 2.72 bits per heavy atom. The maximum atomic E-state index is 12.7. The van der Waals surface area contributed by atoms with Crippen LogP contribution in [0.4, 0.5) is 13.2 Å². The maximum Gasteiger partial charge on any atom is 0.432 e. The molecule has 3 heterocycles. The Balaban J connectivity index is 1.67. The van der Waals surface area contributed by atoms with Gasteiger partial charge in [-0.3, -0.25) is 10.1 Å². The minimum atomic E-state index is -4.46. The number of unbranched alkanes of at least 4 members (excludes halogenated alkanes) is 3. The third-order valence-electron chi connectivity index (χ3n) is 4.11. The van der Waals surface area contributed by atoms with Crippen LogP contribution in [-0.2, 0) is 6.18 Å². The van der Waals surface area contributed by atoms with Crippen LogP contribution in [0.3, 0.4) is 0 Å². The number of hydrogen-bond acceptors (Lipinski definition) is 3. The van der Waals surface area contributed by atoms with Crippen LogP contribution in [0, 0.1) is 11.8 Å². The number of alkyl halides is 3. The zero-order chi connectivity index (χ0) is 20.7. The second-order valence-electron chi connectivity index (χ2n) is 6.43. The molecule has 0 bridgehead atoms. The molecule has 0 aromatic carbocycles. The number of nitrogens with one attached hydrogen (secondary N) is 1. The summed E-state index contributed by atoms with van der Waals surface area (Å²) in [5.41, 5.74) is 0.470. The van der Waals surface area contributed by atoms with Crippen molar-refractivity contribution in [2.45, 2.75) is 38.8 Å². The maximum absolute atomic E-state index is 12.7. The number of halogens is 3.